The number of amides is 1. The van der Waals surface area contributed by atoms with E-state index >= 15 is 0 Å². The topological polar surface area (TPSA) is 77.6 Å². The second-order valence-electron chi connectivity index (χ2n) is 7.33. The minimum absolute atomic E-state index is 0.0300. The van der Waals surface area contributed by atoms with Crippen molar-refractivity contribution in [3.63, 3.8) is 0 Å². The molecular formula is C17H11ClF8N6OS. The fourth-order valence-corrected chi connectivity index (χ4v) is 4.23. The number of rotatable bonds is 5. The molecule has 3 heterocycles. The third-order valence-electron chi connectivity index (χ3n) is 4.76. The van der Waals surface area contributed by atoms with Crippen LogP contribution in [0.15, 0.2) is 12.3 Å². The van der Waals surface area contributed by atoms with Crippen molar-refractivity contribution < 1.29 is 39.9 Å². The SMILES string of the molecule is Cn1nc(C(F)(F)C(F)(F)F)c(C(F)(F)F)c1-n1cc(-c2cc(C(=O)NC3CC3)c(Cl)s2)nn1. The Bertz CT molecular complexity index is 1260. The number of hydrogen-bond donors (Lipinski definition) is 1. The Morgan fingerprint density at radius 2 is 1.82 bits per heavy atom. The second-order valence-corrected chi connectivity index (χ2v) is 8.99. The molecule has 0 radical (unpaired) electrons. The molecule has 184 valence electrons. The second kappa shape index (κ2) is 7.90. The van der Waals surface area contributed by atoms with E-state index in [0.29, 0.717) is 4.68 Å². The predicted octanol–water partition coefficient (Wildman–Crippen LogP) is 4.95. The summed E-state index contributed by atoms with van der Waals surface area (Å²) in [5.41, 5.74) is -4.84. The lowest BCUT2D eigenvalue weighted by Crippen LogP contribution is -2.36. The molecule has 0 unspecified atom stereocenters. The van der Waals surface area contributed by atoms with Crippen molar-refractivity contribution in [1.82, 2.24) is 30.1 Å². The Kier molecular flexibility index (Phi) is 5.66. The first kappa shape index (κ1) is 24.4. The maximum atomic E-state index is 13.9. The first-order chi connectivity index (χ1) is 15.6. The predicted molar refractivity (Wildman–Crippen MR) is 102 cm³/mol. The Labute approximate surface area is 193 Å². The molecule has 7 nitrogen and oxygen atoms in total. The summed E-state index contributed by atoms with van der Waals surface area (Å²) in [4.78, 5) is 12.4. The lowest BCUT2D eigenvalue weighted by molar-refractivity contribution is -0.292. The summed E-state index contributed by atoms with van der Waals surface area (Å²) in [6.45, 7) is 0. The first-order valence-corrected chi connectivity index (χ1v) is 10.4. The fraction of sp³-hybridized carbons (Fsp3) is 0.412. The van der Waals surface area contributed by atoms with E-state index in [0.717, 1.165) is 37.4 Å². The molecule has 0 saturated heterocycles. The summed E-state index contributed by atoms with van der Waals surface area (Å²) in [6, 6.07) is 1.35. The number of alkyl halides is 8. The Balaban J connectivity index is 1.77. The number of carbonyl (C=O) groups excluding carboxylic acids is 1. The number of nitrogens with one attached hydrogen (secondary N) is 1. The number of thiophene rings is 1. The van der Waals surface area contributed by atoms with Crippen molar-refractivity contribution in [1.29, 1.82) is 0 Å². The van der Waals surface area contributed by atoms with Crippen LogP contribution in [-0.2, 0) is 19.1 Å². The Hall–Kier alpha value is -2.75. The zero-order valence-corrected chi connectivity index (χ0v) is 18.2. The normalized spacial score (nSPS) is 15.1. The number of aryl methyl sites for hydroxylation is 1. The van der Waals surface area contributed by atoms with Crippen LogP contribution in [0.4, 0.5) is 35.1 Å². The van der Waals surface area contributed by atoms with Crippen molar-refractivity contribution in [2.45, 2.75) is 37.2 Å². The van der Waals surface area contributed by atoms with E-state index in [2.05, 4.69) is 20.7 Å². The van der Waals surface area contributed by atoms with Gasteiger partial charge in [-0.05, 0) is 18.9 Å². The van der Waals surface area contributed by atoms with Crippen LogP contribution >= 0.6 is 22.9 Å². The molecule has 1 N–H and O–H groups in total. The largest absolute Gasteiger partial charge is 0.459 e. The van der Waals surface area contributed by atoms with E-state index in [1.165, 1.54) is 6.07 Å². The van der Waals surface area contributed by atoms with Crippen molar-refractivity contribution in [2.24, 2.45) is 7.05 Å². The van der Waals surface area contributed by atoms with Crippen molar-refractivity contribution in [3.05, 3.63) is 33.4 Å². The van der Waals surface area contributed by atoms with Crippen LogP contribution in [0.3, 0.4) is 0 Å². The summed E-state index contributed by atoms with van der Waals surface area (Å²) < 4.78 is 108. The van der Waals surface area contributed by atoms with Crippen LogP contribution in [0.25, 0.3) is 16.4 Å². The van der Waals surface area contributed by atoms with Gasteiger partial charge in [-0.25, -0.2) is 9.36 Å². The molecule has 0 spiro atoms. The van der Waals surface area contributed by atoms with Gasteiger partial charge in [-0.3, -0.25) is 4.79 Å². The highest BCUT2D eigenvalue weighted by Crippen LogP contribution is 2.49. The summed E-state index contributed by atoms with van der Waals surface area (Å²) in [5.74, 6) is -7.56. The van der Waals surface area contributed by atoms with Gasteiger partial charge in [0, 0.05) is 13.1 Å². The molecule has 17 heteroatoms. The van der Waals surface area contributed by atoms with E-state index < -0.39 is 41.3 Å². The van der Waals surface area contributed by atoms with E-state index in [4.69, 9.17) is 11.6 Å². The van der Waals surface area contributed by atoms with Gasteiger partial charge in [-0.1, -0.05) is 16.8 Å². The van der Waals surface area contributed by atoms with E-state index in [-0.39, 0.29) is 31.2 Å². The standard InChI is InChI=1S/C17H11ClF8N6OS/c1-31-14(10(16(21,22)23)11(29-31)15(19,20)17(24,25)26)32-5-8(28-30-32)9-4-7(12(18)34-9)13(33)27-6-2-3-6/h4-6H,2-3H2,1H3,(H,27,33). The van der Waals surface area contributed by atoms with Gasteiger partial charge in [-0.15, -0.1) is 16.4 Å². The number of nitrogens with zero attached hydrogens (tertiary/aromatic N) is 5. The molecule has 1 aliphatic rings. The van der Waals surface area contributed by atoms with Crippen LogP contribution < -0.4 is 5.32 Å². The smallest absolute Gasteiger partial charge is 0.349 e. The fourth-order valence-electron chi connectivity index (χ4n) is 3.01. The zero-order chi connectivity index (χ0) is 25.2. The van der Waals surface area contributed by atoms with Gasteiger partial charge in [0.2, 0.25) is 0 Å². The number of hydrogen-bond acceptors (Lipinski definition) is 5. The summed E-state index contributed by atoms with van der Waals surface area (Å²) >= 11 is 6.93. The lowest BCUT2D eigenvalue weighted by Gasteiger charge is -2.19. The van der Waals surface area contributed by atoms with Crippen molar-refractivity contribution in [2.75, 3.05) is 0 Å². The van der Waals surface area contributed by atoms with Gasteiger partial charge in [0.15, 0.2) is 11.5 Å². The van der Waals surface area contributed by atoms with Crippen LogP contribution in [0.1, 0.15) is 34.5 Å². The highest BCUT2D eigenvalue weighted by molar-refractivity contribution is 7.19. The molecule has 34 heavy (non-hydrogen) atoms. The molecule has 0 bridgehead atoms. The van der Waals surface area contributed by atoms with Crippen molar-refractivity contribution in [3.8, 4) is 16.4 Å². The minimum Gasteiger partial charge on any atom is -0.349 e. The zero-order valence-electron chi connectivity index (χ0n) is 16.6. The average Bonchev–Trinajstić information content (AvgIpc) is 3.10. The van der Waals surface area contributed by atoms with Gasteiger partial charge in [-0.2, -0.15) is 40.2 Å². The highest BCUT2D eigenvalue weighted by Gasteiger charge is 2.64. The lowest BCUT2D eigenvalue weighted by atomic mass is 10.1. The highest BCUT2D eigenvalue weighted by atomic mass is 35.5. The molecule has 1 saturated carbocycles. The molecule has 0 atom stereocenters. The van der Waals surface area contributed by atoms with Gasteiger partial charge in [0.25, 0.3) is 5.91 Å². The van der Waals surface area contributed by atoms with Crippen LogP contribution in [0.2, 0.25) is 4.34 Å². The van der Waals surface area contributed by atoms with Gasteiger partial charge >= 0.3 is 18.3 Å². The van der Waals surface area contributed by atoms with Crippen LogP contribution in [-0.4, -0.2) is 42.9 Å². The average molecular weight is 535 g/mol. The maximum Gasteiger partial charge on any atom is 0.459 e. The molecule has 3 aromatic heterocycles. The van der Waals surface area contributed by atoms with E-state index in [1.807, 2.05) is 0 Å². The summed E-state index contributed by atoms with van der Waals surface area (Å²) in [5, 5.41) is 12.6. The van der Waals surface area contributed by atoms with Gasteiger partial charge in [0.1, 0.15) is 15.6 Å². The van der Waals surface area contributed by atoms with Crippen molar-refractivity contribution >= 4 is 28.8 Å². The Morgan fingerprint density at radius 3 is 2.38 bits per heavy atom. The third kappa shape index (κ3) is 4.23. The summed E-state index contributed by atoms with van der Waals surface area (Å²) in [7, 11) is 0.754. The molecule has 3 aromatic rings. The molecule has 1 aliphatic carbocycles. The third-order valence-corrected chi connectivity index (χ3v) is 6.14. The molecule has 4 rings (SSSR count). The molecule has 1 fully saturated rings. The molecule has 0 aromatic carbocycles. The Morgan fingerprint density at radius 1 is 1.18 bits per heavy atom. The molecular weight excluding hydrogens is 524 g/mol. The molecule has 0 aliphatic heterocycles. The number of carbonyl (C=O) groups is 1. The van der Waals surface area contributed by atoms with Gasteiger partial charge < -0.3 is 5.32 Å². The van der Waals surface area contributed by atoms with E-state index in [9.17, 15) is 39.9 Å². The van der Waals surface area contributed by atoms with E-state index in [1.54, 1.807) is 0 Å². The van der Waals surface area contributed by atoms with Gasteiger partial charge in [0.05, 0.1) is 16.6 Å². The quantitative estimate of drug-likeness (QED) is 0.470. The number of halogens is 9. The first-order valence-electron chi connectivity index (χ1n) is 9.23. The molecule has 1 amide bonds. The minimum atomic E-state index is -6.32. The number of aromatic nitrogens is 5. The maximum absolute atomic E-state index is 13.9. The monoisotopic (exact) mass is 534 g/mol. The summed E-state index contributed by atoms with van der Waals surface area (Å²) in [6.07, 6.45) is -9.46. The van der Waals surface area contributed by atoms with Crippen LogP contribution in [0, 0.1) is 0 Å². The van der Waals surface area contributed by atoms with Crippen LogP contribution in [0.5, 0.6) is 0 Å².